The average Bonchev–Trinajstić information content (AvgIpc) is 3.20. The Balaban J connectivity index is 2.07. The minimum atomic E-state index is -0.271. The molecule has 3 nitrogen and oxygen atoms in total. The van der Waals surface area contributed by atoms with E-state index in [1.807, 2.05) is 25.3 Å². The number of aryl methyl sites for hydroxylation is 1. The number of fused-ring (bicyclic) bond motifs is 1. The molecule has 0 atom stereocenters. The molecule has 24 heavy (non-hydrogen) atoms. The summed E-state index contributed by atoms with van der Waals surface area (Å²) in [6, 6.07) is 11.3. The fraction of sp³-hybridized carbons (Fsp3) is 0.300. The van der Waals surface area contributed by atoms with Gasteiger partial charge in [0.1, 0.15) is 11.9 Å². The van der Waals surface area contributed by atoms with Crippen molar-refractivity contribution in [1.82, 2.24) is 9.55 Å². The molecule has 0 unspecified atom stereocenters. The van der Waals surface area contributed by atoms with Crippen molar-refractivity contribution in [3.05, 3.63) is 53.5 Å². The van der Waals surface area contributed by atoms with Crippen LogP contribution in [0.2, 0.25) is 0 Å². The van der Waals surface area contributed by atoms with E-state index in [-0.39, 0.29) is 5.82 Å². The first kappa shape index (κ1) is 14.9. The molecule has 0 N–H and O–H groups in total. The fourth-order valence-corrected chi connectivity index (χ4v) is 3.80. The van der Waals surface area contributed by atoms with Crippen LogP contribution in [0, 0.1) is 24.1 Å². The lowest BCUT2D eigenvalue weighted by Crippen LogP contribution is -2.07. The zero-order valence-corrected chi connectivity index (χ0v) is 13.6. The fourth-order valence-electron chi connectivity index (χ4n) is 3.80. The van der Waals surface area contributed by atoms with Crippen molar-refractivity contribution in [2.24, 2.45) is 0 Å². The van der Waals surface area contributed by atoms with Crippen molar-refractivity contribution in [3.63, 3.8) is 0 Å². The highest BCUT2D eigenvalue weighted by Gasteiger charge is 2.26. The predicted octanol–water partition coefficient (Wildman–Crippen LogP) is 5.14. The third-order valence-electron chi connectivity index (χ3n) is 4.92. The molecule has 2 heterocycles. The van der Waals surface area contributed by atoms with E-state index in [1.165, 1.54) is 18.9 Å². The molecule has 1 saturated carbocycles. The van der Waals surface area contributed by atoms with Crippen molar-refractivity contribution >= 4 is 10.9 Å². The maximum absolute atomic E-state index is 13.9. The molecule has 3 aromatic rings. The summed E-state index contributed by atoms with van der Waals surface area (Å²) in [7, 11) is 0. The highest BCUT2D eigenvalue weighted by Crippen LogP contribution is 2.40. The van der Waals surface area contributed by atoms with Crippen LogP contribution in [0.5, 0.6) is 0 Å². The van der Waals surface area contributed by atoms with Crippen LogP contribution in [0.3, 0.4) is 0 Å². The van der Waals surface area contributed by atoms with Gasteiger partial charge in [-0.15, -0.1) is 0 Å². The largest absolute Gasteiger partial charge is 0.335 e. The Morgan fingerprint density at radius 2 is 2.00 bits per heavy atom. The number of hydrogen-bond donors (Lipinski definition) is 0. The number of aromatic nitrogens is 2. The molecule has 0 spiro atoms. The van der Waals surface area contributed by atoms with Gasteiger partial charge in [0.15, 0.2) is 0 Å². The molecule has 0 amide bonds. The maximum Gasteiger partial charge on any atom is 0.125 e. The van der Waals surface area contributed by atoms with E-state index < -0.39 is 0 Å². The summed E-state index contributed by atoms with van der Waals surface area (Å²) >= 11 is 0. The zero-order chi connectivity index (χ0) is 16.7. The number of benzene rings is 1. The Hall–Kier alpha value is -2.67. The van der Waals surface area contributed by atoms with Gasteiger partial charge in [0.2, 0.25) is 0 Å². The normalized spacial score (nSPS) is 15.0. The lowest BCUT2D eigenvalue weighted by atomic mass is 10.1. The number of halogens is 1. The Bertz CT molecular complexity index is 942. The number of pyridine rings is 1. The van der Waals surface area contributed by atoms with Gasteiger partial charge in [-0.2, -0.15) is 5.26 Å². The van der Waals surface area contributed by atoms with Gasteiger partial charge in [-0.05, 0) is 49.6 Å². The average molecular weight is 319 g/mol. The molecule has 4 heteroatoms. The van der Waals surface area contributed by atoms with Gasteiger partial charge in [0.25, 0.3) is 0 Å². The van der Waals surface area contributed by atoms with E-state index in [9.17, 15) is 9.65 Å². The summed E-state index contributed by atoms with van der Waals surface area (Å²) in [4.78, 5) is 4.54. The van der Waals surface area contributed by atoms with E-state index in [0.717, 1.165) is 40.7 Å². The Kier molecular flexibility index (Phi) is 3.57. The minimum absolute atomic E-state index is 0.271. The number of hydrogen-bond acceptors (Lipinski definition) is 2. The van der Waals surface area contributed by atoms with Crippen LogP contribution in [0.1, 0.15) is 42.9 Å². The standard InChI is InChI=1S/C20H18FN3/c1-13-6-9-18(23-12-13)20-17(11-22)16-8-7-14(21)10-19(16)24(20)15-4-2-3-5-15/h6-10,12,15H,2-5H2,1H3. The summed E-state index contributed by atoms with van der Waals surface area (Å²) in [5, 5.41) is 10.6. The summed E-state index contributed by atoms with van der Waals surface area (Å²) in [5.74, 6) is -0.271. The first-order chi connectivity index (χ1) is 11.7. The number of nitriles is 1. The summed E-state index contributed by atoms with van der Waals surface area (Å²) in [6.45, 7) is 1.99. The van der Waals surface area contributed by atoms with E-state index in [2.05, 4.69) is 15.6 Å². The van der Waals surface area contributed by atoms with Gasteiger partial charge in [0, 0.05) is 17.6 Å². The van der Waals surface area contributed by atoms with Crippen molar-refractivity contribution in [1.29, 1.82) is 5.26 Å². The van der Waals surface area contributed by atoms with Crippen molar-refractivity contribution in [2.45, 2.75) is 38.6 Å². The molecule has 0 radical (unpaired) electrons. The second kappa shape index (κ2) is 5.76. The molecule has 1 aliphatic rings. The van der Waals surface area contributed by atoms with E-state index >= 15 is 0 Å². The molecule has 120 valence electrons. The van der Waals surface area contributed by atoms with Gasteiger partial charge in [-0.1, -0.05) is 18.9 Å². The molecule has 0 aliphatic heterocycles. The van der Waals surface area contributed by atoms with Gasteiger partial charge in [-0.25, -0.2) is 4.39 Å². The lowest BCUT2D eigenvalue weighted by molar-refractivity contribution is 0.538. The summed E-state index contributed by atoms with van der Waals surface area (Å²) in [5.41, 5.74) is 4.07. The number of nitrogens with zero attached hydrogens (tertiary/aromatic N) is 3. The highest BCUT2D eigenvalue weighted by molar-refractivity contribution is 5.94. The Morgan fingerprint density at radius 3 is 2.67 bits per heavy atom. The maximum atomic E-state index is 13.9. The first-order valence-electron chi connectivity index (χ1n) is 8.35. The molecule has 2 aromatic heterocycles. The molecule has 0 bridgehead atoms. The van der Waals surface area contributed by atoms with Crippen LogP contribution in [0.4, 0.5) is 4.39 Å². The molecule has 4 rings (SSSR count). The van der Waals surface area contributed by atoms with Crippen LogP contribution in [0.25, 0.3) is 22.3 Å². The van der Waals surface area contributed by atoms with Crippen LogP contribution in [0.15, 0.2) is 36.5 Å². The number of rotatable bonds is 2. The van der Waals surface area contributed by atoms with E-state index in [0.29, 0.717) is 11.6 Å². The van der Waals surface area contributed by atoms with Crippen LogP contribution >= 0.6 is 0 Å². The Labute approximate surface area is 140 Å². The van der Waals surface area contributed by atoms with Crippen molar-refractivity contribution in [2.75, 3.05) is 0 Å². The van der Waals surface area contributed by atoms with Crippen LogP contribution < -0.4 is 0 Å². The van der Waals surface area contributed by atoms with E-state index in [4.69, 9.17) is 0 Å². The smallest absolute Gasteiger partial charge is 0.125 e. The van der Waals surface area contributed by atoms with Crippen LogP contribution in [-0.4, -0.2) is 9.55 Å². The summed E-state index contributed by atoms with van der Waals surface area (Å²) in [6.07, 6.45) is 6.27. The lowest BCUT2D eigenvalue weighted by Gasteiger charge is -2.18. The van der Waals surface area contributed by atoms with Gasteiger partial charge < -0.3 is 4.57 Å². The quantitative estimate of drug-likeness (QED) is 0.656. The summed E-state index contributed by atoms with van der Waals surface area (Å²) < 4.78 is 16.0. The molecule has 1 aliphatic carbocycles. The van der Waals surface area contributed by atoms with Gasteiger partial charge in [0.05, 0.1) is 22.5 Å². The first-order valence-corrected chi connectivity index (χ1v) is 8.35. The van der Waals surface area contributed by atoms with E-state index in [1.54, 1.807) is 12.1 Å². The van der Waals surface area contributed by atoms with Gasteiger partial charge in [-0.3, -0.25) is 4.98 Å². The third kappa shape index (κ3) is 2.28. The second-order valence-electron chi connectivity index (χ2n) is 6.53. The van der Waals surface area contributed by atoms with Crippen molar-refractivity contribution < 1.29 is 4.39 Å². The molecule has 1 aromatic carbocycles. The van der Waals surface area contributed by atoms with Crippen molar-refractivity contribution in [3.8, 4) is 17.5 Å². The topological polar surface area (TPSA) is 41.6 Å². The SMILES string of the molecule is Cc1ccc(-c2c(C#N)c3ccc(F)cc3n2C2CCCC2)nc1. The third-order valence-corrected chi connectivity index (χ3v) is 4.92. The van der Waals surface area contributed by atoms with Crippen LogP contribution in [-0.2, 0) is 0 Å². The predicted molar refractivity (Wildman–Crippen MR) is 92.1 cm³/mol. The zero-order valence-electron chi connectivity index (χ0n) is 13.6. The Morgan fingerprint density at radius 1 is 1.21 bits per heavy atom. The second-order valence-corrected chi connectivity index (χ2v) is 6.53. The molecular formula is C20H18FN3. The minimum Gasteiger partial charge on any atom is -0.335 e. The molecule has 0 saturated heterocycles. The molecular weight excluding hydrogens is 301 g/mol. The van der Waals surface area contributed by atoms with Gasteiger partial charge >= 0.3 is 0 Å². The monoisotopic (exact) mass is 319 g/mol. The highest BCUT2D eigenvalue weighted by atomic mass is 19.1. The molecule has 1 fully saturated rings.